The van der Waals surface area contributed by atoms with Crippen molar-refractivity contribution >= 4 is 17.5 Å². The third-order valence-electron chi connectivity index (χ3n) is 4.24. The average Bonchev–Trinajstić information content (AvgIpc) is 3.18. The Hall–Kier alpha value is -2.63. The summed E-state index contributed by atoms with van der Waals surface area (Å²) in [4.78, 5) is 26.6. The van der Waals surface area contributed by atoms with Gasteiger partial charge in [-0.1, -0.05) is 6.07 Å². The van der Waals surface area contributed by atoms with Gasteiger partial charge in [-0.2, -0.15) is 5.10 Å². The van der Waals surface area contributed by atoms with Crippen LogP contribution in [0.2, 0.25) is 0 Å². The zero-order valence-electron chi connectivity index (χ0n) is 13.4. The highest BCUT2D eigenvalue weighted by molar-refractivity contribution is 6.05. The number of hydrogen-bond acceptors (Lipinski definition) is 3. The molecule has 0 aliphatic carbocycles. The lowest BCUT2D eigenvalue weighted by Gasteiger charge is -2.15. The summed E-state index contributed by atoms with van der Waals surface area (Å²) in [6, 6.07) is 7.08. The van der Waals surface area contributed by atoms with Crippen molar-refractivity contribution < 1.29 is 9.59 Å². The van der Waals surface area contributed by atoms with Crippen LogP contribution in [0.25, 0.3) is 0 Å². The number of aromatic nitrogens is 2. The smallest absolute Gasteiger partial charge is 0.259 e. The lowest BCUT2D eigenvalue weighted by atomic mass is 10.1. The Bertz CT molecular complexity index is 745. The fourth-order valence-corrected chi connectivity index (χ4v) is 2.75. The topological polar surface area (TPSA) is 67.2 Å². The van der Waals surface area contributed by atoms with Crippen LogP contribution in [0, 0.1) is 6.92 Å². The normalized spacial score (nSPS) is 14.1. The minimum Gasteiger partial charge on any atom is -0.339 e. The molecule has 1 aromatic carbocycles. The Morgan fingerprint density at radius 3 is 2.61 bits per heavy atom. The van der Waals surface area contributed by atoms with E-state index in [1.54, 1.807) is 42.2 Å². The van der Waals surface area contributed by atoms with Gasteiger partial charge in [-0.15, -0.1) is 0 Å². The Balaban J connectivity index is 1.76. The van der Waals surface area contributed by atoms with Gasteiger partial charge in [0, 0.05) is 37.1 Å². The van der Waals surface area contributed by atoms with Crippen molar-refractivity contribution in [2.24, 2.45) is 7.05 Å². The van der Waals surface area contributed by atoms with Crippen LogP contribution in [0.15, 0.2) is 30.5 Å². The average molecular weight is 312 g/mol. The van der Waals surface area contributed by atoms with E-state index in [2.05, 4.69) is 10.4 Å². The molecule has 2 amide bonds. The first-order chi connectivity index (χ1) is 11.1. The highest BCUT2D eigenvalue weighted by atomic mass is 16.2. The second-order valence-corrected chi connectivity index (χ2v) is 5.80. The monoisotopic (exact) mass is 312 g/mol. The first-order valence-corrected chi connectivity index (χ1v) is 7.75. The van der Waals surface area contributed by atoms with E-state index < -0.39 is 0 Å². The number of carbonyl (C=O) groups is 2. The minimum atomic E-state index is -0.221. The SMILES string of the molecule is Cc1c(C(=O)Nc2cccc(C(=O)N3CCCC3)c2)cnn1C. The van der Waals surface area contributed by atoms with E-state index in [1.165, 1.54) is 0 Å². The number of nitrogens with one attached hydrogen (secondary N) is 1. The molecule has 0 radical (unpaired) electrons. The number of nitrogens with zero attached hydrogens (tertiary/aromatic N) is 3. The van der Waals surface area contributed by atoms with Crippen molar-refractivity contribution in [1.82, 2.24) is 14.7 Å². The van der Waals surface area contributed by atoms with Gasteiger partial charge in [0.15, 0.2) is 0 Å². The van der Waals surface area contributed by atoms with Gasteiger partial charge in [-0.3, -0.25) is 14.3 Å². The molecule has 0 atom stereocenters. The number of rotatable bonds is 3. The van der Waals surface area contributed by atoms with Gasteiger partial charge < -0.3 is 10.2 Å². The van der Waals surface area contributed by atoms with Crippen LogP contribution in [0.1, 0.15) is 39.3 Å². The van der Waals surface area contributed by atoms with Crippen LogP contribution in [-0.2, 0) is 7.05 Å². The molecule has 1 saturated heterocycles. The minimum absolute atomic E-state index is 0.0242. The fraction of sp³-hybridized carbons (Fsp3) is 0.353. The fourth-order valence-electron chi connectivity index (χ4n) is 2.75. The van der Waals surface area contributed by atoms with Gasteiger partial charge in [-0.05, 0) is 38.0 Å². The Labute approximate surface area is 135 Å². The quantitative estimate of drug-likeness (QED) is 0.945. The van der Waals surface area contributed by atoms with Gasteiger partial charge in [0.1, 0.15) is 0 Å². The van der Waals surface area contributed by atoms with Crippen molar-refractivity contribution in [1.29, 1.82) is 0 Å². The molecule has 0 bridgehead atoms. The van der Waals surface area contributed by atoms with Crippen LogP contribution >= 0.6 is 0 Å². The highest BCUT2D eigenvalue weighted by Gasteiger charge is 2.20. The number of likely N-dealkylation sites (tertiary alicyclic amines) is 1. The summed E-state index contributed by atoms with van der Waals surface area (Å²) in [7, 11) is 1.79. The first kappa shape index (κ1) is 15.3. The molecule has 23 heavy (non-hydrogen) atoms. The summed E-state index contributed by atoms with van der Waals surface area (Å²) in [6.45, 7) is 3.46. The van der Waals surface area contributed by atoms with Gasteiger partial charge in [0.05, 0.1) is 11.8 Å². The van der Waals surface area contributed by atoms with E-state index in [0.717, 1.165) is 31.6 Å². The standard InChI is InChI=1S/C17H20N4O2/c1-12-15(11-18-20(12)2)16(22)19-14-7-5-6-13(10-14)17(23)21-8-3-4-9-21/h5-7,10-11H,3-4,8-9H2,1-2H3,(H,19,22). The molecular weight excluding hydrogens is 292 g/mol. The molecule has 1 fully saturated rings. The number of aryl methyl sites for hydroxylation is 1. The molecule has 0 unspecified atom stereocenters. The molecule has 1 N–H and O–H groups in total. The summed E-state index contributed by atoms with van der Waals surface area (Å²) in [5, 5.41) is 6.91. The van der Waals surface area contributed by atoms with Crippen LogP contribution in [0.5, 0.6) is 0 Å². The third-order valence-corrected chi connectivity index (χ3v) is 4.24. The van der Waals surface area contributed by atoms with Gasteiger partial charge in [-0.25, -0.2) is 0 Å². The van der Waals surface area contributed by atoms with Crippen molar-refractivity contribution in [2.75, 3.05) is 18.4 Å². The maximum absolute atomic E-state index is 12.4. The van der Waals surface area contributed by atoms with Gasteiger partial charge >= 0.3 is 0 Å². The molecule has 1 aliphatic heterocycles. The molecule has 6 nitrogen and oxygen atoms in total. The zero-order chi connectivity index (χ0) is 16.4. The summed E-state index contributed by atoms with van der Waals surface area (Å²) in [6.07, 6.45) is 3.66. The van der Waals surface area contributed by atoms with Crippen LogP contribution in [0.4, 0.5) is 5.69 Å². The lowest BCUT2D eigenvalue weighted by molar-refractivity contribution is 0.0792. The third kappa shape index (κ3) is 3.11. The predicted molar refractivity (Wildman–Crippen MR) is 87.5 cm³/mol. The van der Waals surface area contributed by atoms with Crippen molar-refractivity contribution in [2.45, 2.75) is 19.8 Å². The van der Waals surface area contributed by atoms with Gasteiger partial charge in [0.2, 0.25) is 0 Å². The molecule has 1 aliphatic rings. The number of benzene rings is 1. The van der Waals surface area contributed by atoms with Crippen LogP contribution in [0.3, 0.4) is 0 Å². The number of amides is 2. The van der Waals surface area contributed by atoms with Crippen LogP contribution in [-0.4, -0.2) is 39.6 Å². The van der Waals surface area contributed by atoms with Crippen molar-refractivity contribution in [3.8, 4) is 0 Å². The van der Waals surface area contributed by atoms with E-state index in [9.17, 15) is 9.59 Å². The Morgan fingerprint density at radius 1 is 1.22 bits per heavy atom. The molecule has 0 spiro atoms. The molecule has 3 rings (SSSR count). The van der Waals surface area contributed by atoms with Crippen molar-refractivity contribution in [3.63, 3.8) is 0 Å². The molecular formula is C17H20N4O2. The molecule has 0 saturated carbocycles. The Morgan fingerprint density at radius 2 is 1.96 bits per heavy atom. The number of carbonyl (C=O) groups excluding carboxylic acids is 2. The highest BCUT2D eigenvalue weighted by Crippen LogP contribution is 2.17. The molecule has 120 valence electrons. The number of anilines is 1. The van der Waals surface area contributed by atoms with E-state index in [0.29, 0.717) is 16.8 Å². The summed E-state index contributed by atoms with van der Waals surface area (Å²) >= 11 is 0. The van der Waals surface area contributed by atoms with E-state index >= 15 is 0 Å². The number of hydrogen-bond donors (Lipinski definition) is 1. The maximum atomic E-state index is 12.4. The zero-order valence-corrected chi connectivity index (χ0v) is 13.4. The summed E-state index contributed by atoms with van der Waals surface area (Å²) < 4.78 is 1.65. The maximum Gasteiger partial charge on any atom is 0.259 e. The first-order valence-electron chi connectivity index (χ1n) is 7.75. The Kier molecular flexibility index (Phi) is 4.14. The van der Waals surface area contributed by atoms with Crippen molar-refractivity contribution in [3.05, 3.63) is 47.3 Å². The molecule has 1 aromatic heterocycles. The largest absolute Gasteiger partial charge is 0.339 e. The van der Waals surface area contributed by atoms with Gasteiger partial charge in [0.25, 0.3) is 11.8 Å². The molecule has 6 heteroatoms. The van der Waals surface area contributed by atoms with E-state index in [4.69, 9.17) is 0 Å². The second-order valence-electron chi connectivity index (χ2n) is 5.80. The second kappa shape index (κ2) is 6.24. The van der Waals surface area contributed by atoms with E-state index in [1.807, 2.05) is 11.8 Å². The molecule has 2 heterocycles. The lowest BCUT2D eigenvalue weighted by Crippen LogP contribution is -2.27. The van der Waals surface area contributed by atoms with Crippen LogP contribution < -0.4 is 5.32 Å². The molecule has 2 aromatic rings. The van der Waals surface area contributed by atoms with E-state index in [-0.39, 0.29) is 11.8 Å². The summed E-state index contributed by atoms with van der Waals surface area (Å²) in [5.74, 6) is -0.197. The predicted octanol–water partition coefficient (Wildman–Crippen LogP) is 2.22. The summed E-state index contributed by atoms with van der Waals surface area (Å²) in [5.41, 5.74) is 2.55.